The highest BCUT2D eigenvalue weighted by atomic mass is 16.2. The third-order valence-electron chi connectivity index (χ3n) is 3.20. The monoisotopic (exact) mass is 248 g/mol. The first-order chi connectivity index (χ1) is 8.77. The van der Waals surface area contributed by atoms with E-state index in [2.05, 4.69) is 5.32 Å². The first-order valence-electron chi connectivity index (χ1n) is 6.50. The highest BCUT2D eigenvalue weighted by Gasteiger charge is 2.20. The number of nitrogens with zero attached hydrogens (tertiary/aromatic N) is 3. The molecule has 5 heteroatoms. The first kappa shape index (κ1) is 14.5. The number of piperidine rings is 1. The Morgan fingerprint density at radius 2 is 1.94 bits per heavy atom. The molecular formula is C13H20N4O. The van der Waals surface area contributed by atoms with Gasteiger partial charge < -0.3 is 10.2 Å². The molecule has 1 N–H and O–H groups in total. The van der Waals surface area contributed by atoms with E-state index < -0.39 is 0 Å². The number of carbonyl (C=O) groups is 1. The lowest BCUT2D eigenvalue weighted by Crippen LogP contribution is -2.37. The fourth-order valence-electron chi connectivity index (χ4n) is 2.21. The molecule has 5 nitrogen and oxygen atoms in total. The van der Waals surface area contributed by atoms with Gasteiger partial charge in [-0.25, -0.2) is 0 Å². The second-order valence-electron chi connectivity index (χ2n) is 4.61. The Morgan fingerprint density at radius 1 is 1.28 bits per heavy atom. The summed E-state index contributed by atoms with van der Waals surface area (Å²) in [4.78, 5) is 13.8. The maximum absolute atomic E-state index is 12.1. The van der Waals surface area contributed by atoms with Gasteiger partial charge in [0.25, 0.3) is 0 Å². The molecule has 0 aromatic rings. The molecule has 1 amide bonds. The van der Waals surface area contributed by atoms with Crippen LogP contribution in [-0.2, 0) is 4.79 Å². The Labute approximate surface area is 108 Å². The summed E-state index contributed by atoms with van der Waals surface area (Å²) in [6.45, 7) is 2.82. The molecule has 1 heterocycles. The molecule has 1 atom stereocenters. The maximum atomic E-state index is 12.1. The standard InChI is InChI=1S/C13H20N4O/c14-5-2-8-17(9-3-6-15)13(18)10-12-4-1-7-16-11-12/h12,16H,1-4,7-11H2. The number of carbonyl (C=O) groups excluding carboxylic acids is 1. The largest absolute Gasteiger partial charge is 0.341 e. The highest BCUT2D eigenvalue weighted by Crippen LogP contribution is 2.15. The first-order valence-corrected chi connectivity index (χ1v) is 6.50. The predicted molar refractivity (Wildman–Crippen MR) is 67.3 cm³/mol. The lowest BCUT2D eigenvalue weighted by Gasteiger charge is -2.26. The van der Waals surface area contributed by atoms with Gasteiger partial charge in [-0.3, -0.25) is 4.79 Å². The van der Waals surface area contributed by atoms with Crippen molar-refractivity contribution in [2.45, 2.75) is 32.1 Å². The maximum Gasteiger partial charge on any atom is 0.222 e. The number of hydrogen-bond acceptors (Lipinski definition) is 4. The summed E-state index contributed by atoms with van der Waals surface area (Å²) < 4.78 is 0. The Kier molecular flexibility index (Phi) is 6.83. The highest BCUT2D eigenvalue weighted by molar-refractivity contribution is 5.76. The summed E-state index contributed by atoms with van der Waals surface area (Å²) in [5.74, 6) is 0.479. The molecule has 0 spiro atoms. The second-order valence-corrected chi connectivity index (χ2v) is 4.61. The molecular weight excluding hydrogens is 228 g/mol. The van der Waals surface area contributed by atoms with E-state index in [1.807, 2.05) is 12.1 Å². The van der Waals surface area contributed by atoms with Crippen molar-refractivity contribution >= 4 is 5.91 Å². The minimum atomic E-state index is 0.0780. The van der Waals surface area contributed by atoms with Gasteiger partial charge in [-0.05, 0) is 31.8 Å². The van der Waals surface area contributed by atoms with Gasteiger partial charge >= 0.3 is 0 Å². The van der Waals surface area contributed by atoms with Crippen molar-refractivity contribution in [3.63, 3.8) is 0 Å². The van der Waals surface area contributed by atoms with Gasteiger partial charge in [0.05, 0.1) is 25.0 Å². The van der Waals surface area contributed by atoms with Crippen LogP contribution in [0.15, 0.2) is 0 Å². The van der Waals surface area contributed by atoms with Gasteiger partial charge in [-0.1, -0.05) is 0 Å². The molecule has 0 aliphatic carbocycles. The van der Waals surface area contributed by atoms with Crippen LogP contribution in [0.3, 0.4) is 0 Å². The van der Waals surface area contributed by atoms with E-state index in [0.717, 1.165) is 25.9 Å². The molecule has 0 saturated carbocycles. The van der Waals surface area contributed by atoms with Crippen molar-refractivity contribution < 1.29 is 4.79 Å². The zero-order chi connectivity index (χ0) is 13.2. The minimum Gasteiger partial charge on any atom is -0.341 e. The van der Waals surface area contributed by atoms with Gasteiger partial charge in [0.1, 0.15) is 0 Å². The van der Waals surface area contributed by atoms with E-state index in [4.69, 9.17) is 10.5 Å². The minimum absolute atomic E-state index is 0.0780. The number of hydrogen-bond donors (Lipinski definition) is 1. The van der Waals surface area contributed by atoms with E-state index in [0.29, 0.717) is 38.3 Å². The van der Waals surface area contributed by atoms with E-state index >= 15 is 0 Å². The molecule has 0 radical (unpaired) electrons. The Morgan fingerprint density at radius 3 is 2.44 bits per heavy atom. The zero-order valence-electron chi connectivity index (χ0n) is 10.7. The number of nitriles is 2. The lowest BCUT2D eigenvalue weighted by atomic mass is 9.95. The van der Waals surface area contributed by atoms with Gasteiger partial charge in [0.2, 0.25) is 5.91 Å². The number of rotatable bonds is 6. The Bertz CT molecular complexity index is 318. The lowest BCUT2D eigenvalue weighted by molar-refractivity contribution is -0.132. The molecule has 0 bridgehead atoms. The van der Waals surface area contributed by atoms with Crippen molar-refractivity contribution in [3.05, 3.63) is 0 Å². The molecule has 1 rings (SSSR count). The van der Waals surface area contributed by atoms with E-state index in [9.17, 15) is 4.79 Å². The van der Waals surface area contributed by atoms with Crippen molar-refractivity contribution in [2.75, 3.05) is 26.2 Å². The topological polar surface area (TPSA) is 79.9 Å². The Hall–Kier alpha value is -1.59. The molecule has 0 aromatic heterocycles. The van der Waals surface area contributed by atoms with Gasteiger partial charge in [-0.2, -0.15) is 10.5 Å². The van der Waals surface area contributed by atoms with Crippen molar-refractivity contribution in [1.82, 2.24) is 10.2 Å². The van der Waals surface area contributed by atoms with E-state index in [1.54, 1.807) is 4.90 Å². The van der Waals surface area contributed by atoms with Crippen LogP contribution in [0, 0.1) is 28.6 Å². The molecule has 0 aromatic carbocycles. The van der Waals surface area contributed by atoms with Gasteiger partial charge in [0.15, 0.2) is 0 Å². The van der Waals surface area contributed by atoms with Crippen LogP contribution in [0.5, 0.6) is 0 Å². The fraction of sp³-hybridized carbons (Fsp3) is 0.769. The number of amides is 1. The molecule has 1 aliphatic heterocycles. The summed E-state index contributed by atoms with van der Waals surface area (Å²) >= 11 is 0. The van der Waals surface area contributed by atoms with Crippen LogP contribution in [0.4, 0.5) is 0 Å². The summed E-state index contributed by atoms with van der Waals surface area (Å²) in [5.41, 5.74) is 0. The second kappa shape index (κ2) is 8.49. The fourth-order valence-corrected chi connectivity index (χ4v) is 2.21. The van der Waals surface area contributed by atoms with Crippen molar-refractivity contribution in [1.29, 1.82) is 10.5 Å². The molecule has 18 heavy (non-hydrogen) atoms. The van der Waals surface area contributed by atoms with E-state index in [1.165, 1.54) is 0 Å². The summed E-state index contributed by atoms with van der Waals surface area (Å²) in [5, 5.41) is 20.5. The van der Waals surface area contributed by atoms with Crippen LogP contribution in [0.2, 0.25) is 0 Å². The smallest absolute Gasteiger partial charge is 0.222 e. The van der Waals surface area contributed by atoms with E-state index in [-0.39, 0.29) is 5.91 Å². The average Bonchev–Trinajstić information content (AvgIpc) is 2.40. The summed E-state index contributed by atoms with van der Waals surface area (Å²) in [7, 11) is 0. The predicted octanol–water partition coefficient (Wildman–Crippen LogP) is 1.03. The van der Waals surface area contributed by atoms with Crippen molar-refractivity contribution in [3.8, 4) is 12.1 Å². The third-order valence-corrected chi connectivity index (χ3v) is 3.20. The van der Waals surface area contributed by atoms with Gasteiger partial charge in [0, 0.05) is 19.5 Å². The molecule has 98 valence electrons. The quantitative estimate of drug-likeness (QED) is 0.761. The summed E-state index contributed by atoms with van der Waals surface area (Å²) in [6, 6.07) is 4.09. The molecule has 1 fully saturated rings. The zero-order valence-corrected chi connectivity index (χ0v) is 10.7. The molecule has 1 aliphatic rings. The van der Waals surface area contributed by atoms with Crippen LogP contribution in [0.1, 0.15) is 32.1 Å². The normalized spacial score (nSPS) is 18.7. The average molecular weight is 248 g/mol. The van der Waals surface area contributed by atoms with Gasteiger partial charge in [-0.15, -0.1) is 0 Å². The third kappa shape index (κ3) is 5.16. The molecule has 1 saturated heterocycles. The SMILES string of the molecule is N#CCCN(CCC#N)C(=O)CC1CCCNC1. The Balaban J connectivity index is 2.41. The van der Waals surface area contributed by atoms with Crippen LogP contribution in [0.25, 0.3) is 0 Å². The van der Waals surface area contributed by atoms with Crippen LogP contribution >= 0.6 is 0 Å². The van der Waals surface area contributed by atoms with Crippen LogP contribution < -0.4 is 5.32 Å². The summed E-state index contributed by atoms with van der Waals surface area (Å²) in [6.07, 6.45) is 3.40. The number of nitrogens with one attached hydrogen (secondary N) is 1. The van der Waals surface area contributed by atoms with Crippen molar-refractivity contribution in [2.24, 2.45) is 5.92 Å². The molecule has 1 unspecified atom stereocenters. The van der Waals surface area contributed by atoms with Crippen LogP contribution in [-0.4, -0.2) is 37.0 Å².